The summed E-state index contributed by atoms with van der Waals surface area (Å²) < 4.78 is 6.26. The van der Waals surface area contributed by atoms with Crippen molar-refractivity contribution in [2.24, 2.45) is 0 Å². The smallest absolute Gasteiger partial charge is 0.208 e. The number of hydrogen-bond acceptors (Lipinski definition) is 6. The minimum Gasteiger partial charge on any atom is -0.315 e. The Kier molecular flexibility index (Phi) is 3.42. The minimum absolute atomic E-state index is 0.700. The van der Waals surface area contributed by atoms with Crippen molar-refractivity contribution in [1.29, 1.82) is 0 Å². The summed E-state index contributed by atoms with van der Waals surface area (Å²) in [6, 6.07) is 5.69. The molecule has 0 aromatic carbocycles. The van der Waals surface area contributed by atoms with E-state index in [1.54, 1.807) is 6.20 Å². The summed E-state index contributed by atoms with van der Waals surface area (Å²) in [5.74, 6) is 1.46. The van der Waals surface area contributed by atoms with Crippen LogP contribution < -0.4 is 5.32 Å². The van der Waals surface area contributed by atoms with Gasteiger partial charge in [-0.1, -0.05) is 6.07 Å². The molecule has 0 aliphatic rings. The van der Waals surface area contributed by atoms with E-state index in [0.717, 1.165) is 28.8 Å². The van der Waals surface area contributed by atoms with Crippen LogP contribution in [0.15, 0.2) is 30.6 Å². The Hall–Kier alpha value is -2.28. The molecule has 0 bridgehead atoms. The third-order valence-electron chi connectivity index (χ3n) is 2.84. The van der Waals surface area contributed by atoms with Crippen molar-refractivity contribution in [3.8, 4) is 11.4 Å². The molecule has 0 atom stereocenters. The molecule has 20 heavy (non-hydrogen) atoms. The molecule has 0 radical (unpaired) electrons. The van der Waals surface area contributed by atoms with Crippen molar-refractivity contribution in [3.63, 3.8) is 0 Å². The van der Waals surface area contributed by atoms with Gasteiger partial charge in [0.1, 0.15) is 5.82 Å². The van der Waals surface area contributed by atoms with E-state index in [0.29, 0.717) is 5.82 Å². The van der Waals surface area contributed by atoms with Gasteiger partial charge in [-0.25, -0.2) is 4.98 Å². The van der Waals surface area contributed by atoms with Crippen molar-refractivity contribution in [2.45, 2.75) is 20.4 Å². The number of pyridine rings is 1. The summed E-state index contributed by atoms with van der Waals surface area (Å²) in [5, 5.41) is 8.27. The average molecular weight is 286 g/mol. The normalized spacial score (nSPS) is 10.7. The van der Waals surface area contributed by atoms with Crippen LogP contribution in [0.2, 0.25) is 0 Å². The number of rotatable bonds is 4. The van der Waals surface area contributed by atoms with Crippen LogP contribution in [0.5, 0.6) is 0 Å². The number of hydrogen-bond donors (Lipinski definition) is 1. The zero-order valence-electron chi connectivity index (χ0n) is 11.2. The molecule has 1 N–H and O–H groups in total. The van der Waals surface area contributed by atoms with E-state index in [2.05, 4.69) is 31.7 Å². The predicted molar refractivity (Wildman–Crippen MR) is 79.1 cm³/mol. The predicted octanol–water partition coefficient (Wildman–Crippen LogP) is 2.87. The lowest BCUT2D eigenvalue weighted by molar-refractivity contribution is 0.653. The topological polar surface area (TPSA) is 68.5 Å². The van der Waals surface area contributed by atoms with Gasteiger partial charge in [0.2, 0.25) is 5.13 Å². The van der Waals surface area contributed by atoms with E-state index in [9.17, 15) is 0 Å². The third kappa shape index (κ3) is 2.53. The molecule has 6 nitrogen and oxygen atoms in total. The van der Waals surface area contributed by atoms with Gasteiger partial charge in [-0.15, -0.1) is 0 Å². The fourth-order valence-electron chi connectivity index (χ4n) is 1.83. The quantitative estimate of drug-likeness (QED) is 0.798. The summed E-state index contributed by atoms with van der Waals surface area (Å²) in [6.07, 6.45) is 3.71. The first-order valence-electron chi connectivity index (χ1n) is 6.32. The molecular formula is C13H14N6S. The highest BCUT2D eigenvalue weighted by molar-refractivity contribution is 7.09. The van der Waals surface area contributed by atoms with Crippen LogP contribution in [0, 0.1) is 6.92 Å². The second-order valence-corrected chi connectivity index (χ2v) is 5.00. The number of nitrogens with zero attached hydrogens (tertiary/aromatic N) is 5. The first-order valence-corrected chi connectivity index (χ1v) is 7.10. The highest BCUT2D eigenvalue weighted by atomic mass is 32.1. The van der Waals surface area contributed by atoms with Gasteiger partial charge < -0.3 is 5.32 Å². The summed E-state index contributed by atoms with van der Waals surface area (Å²) in [4.78, 5) is 8.69. The molecule has 0 fully saturated rings. The monoisotopic (exact) mass is 286 g/mol. The van der Waals surface area contributed by atoms with E-state index in [-0.39, 0.29) is 0 Å². The number of aromatic nitrogens is 5. The van der Waals surface area contributed by atoms with Crippen LogP contribution >= 0.6 is 11.5 Å². The van der Waals surface area contributed by atoms with Gasteiger partial charge in [-0.3, -0.25) is 4.68 Å². The SMILES string of the molecule is CCn1cc(-c2nsc(Nc3ccccn3)n2)c(C)n1. The van der Waals surface area contributed by atoms with Gasteiger partial charge in [-0.2, -0.15) is 14.5 Å². The Bertz CT molecular complexity index is 703. The lowest BCUT2D eigenvalue weighted by Gasteiger charge is -1.98. The second kappa shape index (κ2) is 5.38. The van der Waals surface area contributed by atoms with Gasteiger partial charge in [-0.05, 0) is 26.0 Å². The molecule has 0 aliphatic carbocycles. The van der Waals surface area contributed by atoms with Gasteiger partial charge in [0.25, 0.3) is 0 Å². The molecule has 7 heteroatoms. The van der Waals surface area contributed by atoms with Gasteiger partial charge in [0, 0.05) is 30.5 Å². The minimum atomic E-state index is 0.700. The van der Waals surface area contributed by atoms with Crippen LogP contribution in [0.1, 0.15) is 12.6 Å². The van der Waals surface area contributed by atoms with Crippen LogP contribution in [0.4, 0.5) is 10.9 Å². The van der Waals surface area contributed by atoms with Crippen molar-refractivity contribution in [3.05, 3.63) is 36.3 Å². The fraction of sp³-hybridized carbons (Fsp3) is 0.231. The first kappa shape index (κ1) is 12.7. The summed E-state index contributed by atoms with van der Waals surface area (Å²) in [7, 11) is 0. The molecule has 3 aromatic heterocycles. The molecule has 0 saturated carbocycles. The molecule has 3 aromatic rings. The van der Waals surface area contributed by atoms with Gasteiger partial charge >= 0.3 is 0 Å². The average Bonchev–Trinajstić information content (AvgIpc) is 3.06. The number of anilines is 2. The number of nitrogens with one attached hydrogen (secondary N) is 1. The van der Waals surface area contributed by atoms with Crippen molar-refractivity contribution in [1.82, 2.24) is 24.1 Å². The maximum Gasteiger partial charge on any atom is 0.208 e. The Morgan fingerprint density at radius 1 is 1.35 bits per heavy atom. The summed E-state index contributed by atoms with van der Waals surface area (Å²) in [6.45, 7) is 4.86. The standard InChI is InChI=1S/C13H14N6S/c1-3-19-8-10(9(2)17-19)12-16-13(20-18-12)15-11-6-4-5-7-14-11/h4-8H,3H2,1-2H3,(H,14,15,16,18). The van der Waals surface area contributed by atoms with Gasteiger partial charge in [0.05, 0.1) is 11.3 Å². The molecule has 0 spiro atoms. The zero-order chi connectivity index (χ0) is 13.9. The fourth-order valence-corrected chi connectivity index (χ4v) is 2.42. The maximum atomic E-state index is 4.49. The van der Waals surface area contributed by atoms with E-state index < -0.39 is 0 Å². The number of aryl methyl sites for hydroxylation is 2. The van der Waals surface area contributed by atoms with Crippen LogP contribution in [-0.4, -0.2) is 24.1 Å². The van der Waals surface area contributed by atoms with Crippen LogP contribution in [0.3, 0.4) is 0 Å². The first-order chi connectivity index (χ1) is 9.76. The molecule has 0 aliphatic heterocycles. The maximum absolute atomic E-state index is 4.49. The largest absolute Gasteiger partial charge is 0.315 e. The Balaban J connectivity index is 1.84. The molecule has 3 heterocycles. The summed E-state index contributed by atoms with van der Waals surface area (Å²) >= 11 is 1.32. The summed E-state index contributed by atoms with van der Waals surface area (Å²) in [5.41, 5.74) is 1.91. The van der Waals surface area contributed by atoms with Crippen LogP contribution in [-0.2, 0) is 6.54 Å². The molecule has 3 rings (SSSR count). The molecule has 102 valence electrons. The third-order valence-corrected chi connectivity index (χ3v) is 3.47. The second-order valence-electron chi connectivity index (χ2n) is 4.25. The highest BCUT2D eigenvalue weighted by Gasteiger charge is 2.12. The van der Waals surface area contributed by atoms with E-state index >= 15 is 0 Å². The van der Waals surface area contributed by atoms with Crippen molar-refractivity contribution >= 4 is 22.5 Å². The van der Waals surface area contributed by atoms with Crippen LogP contribution in [0.25, 0.3) is 11.4 Å². The zero-order valence-corrected chi connectivity index (χ0v) is 12.1. The molecule has 0 saturated heterocycles. The molecule has 0 unspecified atom stereocenters. The lowest BCUT2D eigenvalue weighted by Crippen LogP contribution is -1.93. The van der Waals surface area contributed by atoms with Crippen molar-refractivity contribution < 1.29 is 0 Å². The van der Waals surface area contributed by atoms with Gasteiger partial charge in [0.15, 0.2) is 5.82 Å². The Labute approximate surface area is 120 Å². The van der Waals surface area contributed by atoms with E-state index in [1.807, 2.05) is 36.0 Å². The Morgan fingerprint density at radius 2 is 2.25 bits per heavy atom. The Morgan fingerprint density at radius 3 is 2.95 bits per heavy atom. The lowest BCUT2D eigenvalue weighted by atomic mass is 10.2. The van der Waals surface area contributed by atoms with E-state index in [4.69, 9.17) is 0 Å². The highest BCUT2D eigenvalue weighted by Crippen LogP contribution is 2.24. The molecular weight excluding hydrogens is 272 g/mol. The molecule has 0 amide bonds. The van der Waals surface area contributed by atoms with E-state index in [1.165, 1.54) is 11.5 Å². The van der Waals surface area contributed by atoms with Crippen molar-refractivity contribution in [2.75, 3.05) is 5.32 Å².